The average Bonchev–Trinajstić information content (AvgIpc) is 3.79. The smallest absolute Gasteiger partial charge is 0.255 e. The molecular weight excluding hydrogens is 760 g/mol. The number of halogens is 1. The minimum Gasteiger partial charge on any atom is -0.496 e. The SMILES string of the molecule is CC(C)[Si](C(C)C)(C(C)C)n1ccc2c(C#N)c(Br)cnc21.COc1ccccc1-c1c[nH]c2ncc(-c3cncc(C(O)C(=O)N(C)C)c3)c(C#N)c12. The second-order valence-corrected chi connectivity index (χ2v) is 20.9. The third-order valence-electron chi connectivity index (χ3n) is 10.2. The van der Waals surface area contributed by atoms with Gasteiger partial charge in [-0.25, -0.2) is 9.97 Å². The molecule has 0 radical (unpaired) electrons. The number of nitriles is 2. The number of rotatable bonds is 9. The van der Waals surface area contributed by atoms with Crippen LogP contribution in [0.5, 0.6) is 5.75 Å². The van der Waals surface area contributed by atoms with E-state index < -0.39 is 20.2 Å². The number of pyridine rings is 3. The van der Waals surface area contributed by atoms with Crippen molar-refractivity contribution in [3.8, 4) is 40.1 Å². The van der Waals surface area contributed by atoms with Crippen molar-refractivity contribution in [1.29, 1.82) is 10.5 Å². The maximum Gasteiger partial charge on any atom is 0.255 e. The molecule has 0 spiro atoms. The Kier molecular flexibility index (Phi) is 12.1. The van der Waals surface area contributed by atoms with Gasteiger partial charge in [0.2, 0.25) is 0 Å². The van der Waals surface area contributed by atoms with Crippen molar-refractivity contribution in [2.24, 2.45) is 0 Å². The van der Waals surface area contributed by atoms with Gasteiger partial charge in [-0.3, -0.25) is 9.78 Å². The van der Waals surface area contributed by atoms with E-state index in [1.807, 2.05) is 24.3 Å². The number of benzene rings is 1. The molecule has 6 rings (SSSR count). The van der Waals surface area contributed by atoms with E-state index in [1.54, 1.807) is 52.1 Å². The van der Waals surface area contributed by atoms with Crippen molar-refractivity contribution in [3.05, 3.63) is 94.7 Å². The monoisotopic (exact) mass is 804 g/mol. The summed E-state index contributed by atoms with van der Waals surface area (Å²) in [7, 11) is 2.90. The first-order chi connectivity index (χ1) is 25.7. The first-order valence-electron chi connectivity index (χ1n) is 17.7. The standard InChI is InChI=1S/C24H21N5O3.C17H24BrN3Si/c1-29(2)24(31)22(30)15-8-14(10-26-11-15)18-12-27-23-21(17(18)9-25)19(13-28-23)16-6-4-5-7-20(16)32-3;1-11(2)22(12(3)4,13(5)6)21-8-7-14-15(9-19)16(18)10-20-17(14)21/h4-8,10-13,22,30H,1-3H3,(H,27,28);7-8,10-13H,1-6H3. The number of carbonyl (C=O) groups excluding carboxylic acids is 1. The fourth-order valence-corrected chi connectivity index (χ4v) is 14.9. The van der Waals surface area contributed by atoms with Gasteiger partial charge in [0.15, 0.2) is 14.3 Å². The fraction of sp³-hybridized carbons (Fsp3) is 0.317. The Morgan fingerprint density at radius 2 is 1.59 bits per heavy atom. The largest absolute Gasteiger partial charge is 0.496 e. The van der Waals surface area contributed by atoms with Crippen LogP contribution in [0, 0.1) is 22.7 Å². The van der Waals surface area contributed by atoms with Gasteiger partial charge in [0.25, 0.3) is 5.91 Å². The minimum atomic E-state index is -1.84. The number of nitrogens with zero attached hydrogens (tertiary/aromatic N) is 7. The number of aromatic nitrogens is 5. The van der Waals surface area contributed by atoms with Crippen LogP contribution < -0.4 is 4.74 Å². The molecule has 0 saturated carbocycles. The van der Waals surface area contributed by atoms with Crippen LogP contribution in [-0.4, -0.2) is 69.5 Å². The Morgan fingerprint density at radius 1 is 0.926 bits per heavy atom. The number of likely N-dealkylation sites (N-methyl/N-ethyl adjacent to an activating group) is 1. The Labute approximate surface area is 325 Å². The lowest BCUT2D eigenvalue weighted by Gasteiger charge is -2.44. The van der Waals surface area contributed by atoms with Crippen LogP contribution in [0.1, 0.15) is 64.3 Å². The summed E-state index contributed by atoms with van der Waals surface area (Å²) in [6, 6.07) is 15.9. The molecule has 2 N–H and O–H groups in total. The molecule has 5 aromatic heterocycles. The molecule has 0 aliphatic carbocycles. The molecule has 5 heterocycles. The van der Waals surface area contributed by atoms with E-state index in [0.717, 1.165) is 26.6 Å². The van der Waals surface area contributed by atoms with Crippen molar-refractivity contribution >= 4 is 52.1 Å². The predicted octanol–water partition coefficient (Wildman–Crippen LogP) is 8.99. The average molecular weight is 806 g/mol. The summed E-state index contributed by atoms with van der Waals surface area (Å²) in [6.07, 6.45) is 8.98. The Balaban J connectivity index is 0.000000223. The summed E-state index contributed by atoms with van der Waals surface area (Å²) < 4.78 is 8.71. The molecule has 1 unspecified atom stereocenters. The highest BCUT2D eigenvalue weighted by atomic mass is 79.9. The van der Waals surface area contributed by atoms with Crippen LogP contribution in [-0.2, 0) is 4.79 Å². The van der Waals surface area contributed by atoms with Crippen LogP contribution in [0.3, 0.4) is 0 Å². The molecule has 1 amide bonds. The first-order valence-corrected chi connectivity index (χ1v) is 20.7. The van der Waals surface area contributed by atoms with E-state index in [0.29, 0.717) is 61.2 Å². The van der Waals surface area contributed by atoms with Gasteiger partial charge in [0.1, 0.15) is 29.2 Å². The van der Waals surface area contributed by atoms with E-state index in [-0.39, 0.29) is 0 Å². The molecule has 13 heteroatoms. The number of fused-ring (bicyclic) bond motifs is 2. The number of hydrogen-bond donors (Lipinski definition) is 2. The molecular formula is C41H45BrN8O3Si. The van der Waals surface area contributed by atoms with Crippen molar-refractivity contribution in [1.82, 2.24) is 29.1 Å². The number of carbonyl (C=O) groups is 1. The van der Waals surface area contributed by atoms with Crippen molar-refractivity contribution in [2.45, 2.75) is 64.3 Å². The Morgan fingerprint density at radius 3 is 2.20 bits per heavy atom. The van der Waals surface area contributed by atoms with Gasteiger partial charge in [-0.05, 0) is 56.9 Å². The molecule has 0 aliphatic heterocycles. The Bertz CT molecular complexity index is 2380. The summed E-state index contributed by atoms with van der Waals surface area (Å²) in [5.74, 6) is 0.221. The molecule has 1 aromatic carbocycles. The normalized spacial score (nSPS) is 12.1. The third-order valence-corrected chi connectivity index (χ3v) is 17.6. The highest BCUT2D eigenvalue weighted by Crippen LogP contribution is 2.44. The number of methoxy groups -OCH3 is 1. The van der Waals surface area contributed by atoms with Crippen LogP contribution in [0.4, 0.5) is 0 Å². The molecule has 0 aliphatic rings. The zero-order valence-corrected chi connectivity index (χ0v) is 34.6. The summed E-state index contributed by atoms with van der Waals surface area (Å²) in [5, 5.41) is 31.6. The summed E-state index contributed by atoms with van der Waals surface area (Å²) in [6.45, 7) is 14.0. The molecule has 54 heavy (non-hydrogen) atoms. The van der Waals surface area contributed by atoms with Crippen LogP contribution in [0.2, 0.25) is 16.6 Å². The maximum absolute atomic E-state index is 12.2. The number of aliphatic hydroxyl groups excluding tert-OH is 1. The molecule has 0 fully saturated rings. The van der Waals surface area contributed by atoms with E-state index in [1.165, 1.54) is 11.1 Å². The van der Waals surface area contributed by atoms with Crippen molar-refractivity contribution in [2.75, 3.05) is 21.2 Å². The molecule has 6 aromatic rings. The number of ether oxygens (including phenoxy) is 1. The van der Waals surface area contributed by atoms with E-state index >= 15 is 0 Å². The van der Waals surface area contributed by atoms with Gasteiger partial charge in [-0.15, -0.1) is 0 Å². The van der Waals surface area contributed by atoms with Gasteiger partial charge in [0.05, 0.1) is 22.7 Å². The lowest BCUT2D eigenvalue weighted by atomic mass is 9.95. The number of nitrogens with one attached hydrogen (secondary N) is 1. The molecule has 278 valence electrons. The fourth-order valence-electron chi connectivity index (χ4n) is 7.97. The zero-order valence-electron chi connectivity index (χ0n) is 32.0. The summed E-state index contributed by atoms with van der Waals surface area (Å²) in [5.41, 5.74) is 7.49. The highest BCUT2D eigenvalue weighted by Gasteiger charge is 2.46. The van der Waals surface area contributed by atoms with Gasteiger partial charge in [-0.1, -0.05) is 59.7 Å². The van der Waals surface area contributed by atoms with E-state index in [4.69, 9.17) is 4.74 Å². The van der Waals surface area contributed by atoms with Gasteiger partial charge < -0.3 is 24.0 Å². The van der Waals surface area contributed by atoms with Crippen LogP contribution in [0.25, 0.3) is 44.3 Å². The number of aromatic amines is 1. The number of para-hydroxylation sites is 1. The second kappa shape index (κ2) is 16.3. The molecule has 0 saturated heterocycles. The first kappa shape index (κ1) is 39.9. The van der Waals surface area contributed by atoms with Gasteiger partial charge in [-0.2, -0.15) is 10.5 Å². The number of aliphatic hydroxyl groups is 1. The molecule has 11 nitrogen and oxygen atoms in total. The number of H-pyrrole nitrogens is 1. The lowest BCUT2D eigenvalue weighted by Crippen LogP contribution is -2.51. The second-order valence-electron chi connectivity index (χ2n) is 14.3. The zero-order chi connectivity index (χ0) is 39.5. The van der Waals surface area contributed by atoms with Crippen molar-refractivity contribution < 1.29 is 14.6 Å². The maximum atomic E-state index is 12.2. The third kappa shape index (κ3) is 7.03. The minimum absolute atomic E-state index is 0.337. The topological polar surface area (TPSA) is 157 Å². The van der Waals surface area contributed by atoms with Gasteiger partial charge >= 0.3 is 0 Å². The number of hydrogen-bond acceptors (Lipinski definition) is 8. The molecule has 1 atom stereocenters. The predicted molar refractivity (Wildman–Crippen MR) is 218 cm³/mol. The van der Waals surface area contributed by atoms with Crippen LogP contribution >= 0.6 is 15.9 Å². The Hall–Kier alpha value is -5.34. The summed E-state index contributed by atoms with van der Waals surface area (Å²) in [4.78, 5) is 30.0. The van der Waals surface area contributed by atoms with E-state index in [9.17, 15) is 20.4 Å². The highest BCUT2D eigenvalue weighted by molar-refractivity contribution is 9.10. The van der Waals surface area contributed by atoms with E-state index in [2.05, 4.69) is 106 Å². The summed E-state index contributed by atoms with van der Waals surface area (Å²) >= 11 is 3.44. The van der Waals surface area contributed by atoms with Crippen LogP contribution in [0.15, 0.2) is 78.1 Å². The quantitative estimate of drug-likeness (QED) is 0.137. The van der Waals surface area contributed by atoms with Crippen molar-refractivity contribution in [3.63, 3.8) is 0 Å². The molecule has 0 bridgehead atoms. The number of amides is 1. The van der Waals surface area contributed by atoms with Gasteiger partial charge in [0, 0.05) is 83.7 Å². The lowest BCUT2D eigenvalue weighted by molar-refractivity contribution is -0.137.